The van der Waals surface area contributed by atoms with E-state index in [4.69, 9.17) is 0 Å². The Morgan fingerprint density at radius 1 is 1.19 bits per heavy atom. The van der Waals surface area contributed by atoms with Crippen molar-refractivity contribution < 1.29 is 19.2 Å². The fourth-order valence-corrected chi connectivity index (χ4v) is 2.89. The Labute approximate surface area is 177 Å². The van der Waals surface area contributed by atoms with Gasteiger partial charge >= 0.3 is 0 Å². The smallest absolute Gasteiger partial charge is 0.297 e. The predicted octanol–water partition coefficient (Wildman–Crippen LogP) is 1.06. The summed E-state index contributed by atoms with van der Waals surface area (Å²) < 4.78 is 5.79. The molecule has 0 atom stereocenters. The molecule has 3 rings (SSSR count). The Balaban J connectivity index is 1.86. The summed E-state index contributed by atoms with van der Waals surface area (Å²) >= 11 is 0. The fraction of sp³-hybridized carbons (Fsp3) is 0.250. The summed E-state index contributed by atoms with van der Waals surface area (Å²) in [5.74, 6) is -1.47. The Hall–Kier alpha value is -4.15. The number of anilines is 2. The van der Waals surface area contributed by atoms with Gasteiger partial charge in [0.05, 0.1) is 6.20 Å². The second kappa shape index (κ2) is 8.69. The number of aromatic hydroxyl groups is 1. The molecule has 0 aliphatic rings. The molecule has 0 aliphatic heterocycles. The Kier molecular flexibility index (Phi) is 6.05. The molecule has 0 bridgehead atoms. The lowest BCUT2D eigenvalue weighted by Crippen LogP contribution is -2.31. The zero-order valence-corrected chi connectivity index (χ0v) is 17.5. The minimum absolute atomic E-state index is 0.106. The van der Waals surface area contributed by atoms with Crippen LogP contribution in [0.5, 0.6) is 5.75 Å². The molecule has 0 saturated carbocycles. The maximum absolute atomic E-state index is 12.5. The Bertz CT molecular complexity index is 1150. The normalized spacial score (nSPS) is 10.6. The number of hydrogen-bond acceptors (Lipinski definition) is 8. The van der Waals surface area contributed by atoms with E-state index in [-0.39, 0.29) is 17.5 Å². The van der Waals surface area contributed by atoms with Crippen LogP contribution in [0.1, 0.15) is 26.4 Å². The third-order valence-corrected chi connectivity index (χ3v) is 4.52. The van der Waals surface area contributed by atoms with Crippen molar-refractivity contribution >= 4 is 23.5 Å². The SMILES string of the molecule is CN(C)C(=O)c1ccc(CN(C)c2nc(C(=O)Nc3cnoc3)c(O)c(=O)n2C)cc1. The largest absolute Gasteiger partial charge is 0.501 e. The second-order valence-electron chi connectivity index (χ2n) is 7.09. The minimum atomic E-state index is -0.778. The summed E-state index contributed by atoms with van der Waals surface area (Å²) in [6.45, 7) is 0.341. The molecule has 0 fully saturated rings. The number of carbonyl (C=O) groups is 2. The molecule has 2 aromatic heterocycles. The third-order valence-electron chi connectivity index (χ3n) is 4.52. The quantitative estimate of drug-likeness (QED) is 0.598. The molecule has 3 aromatic rings. The van der Waals surface area contributed by atoms with Crippen LogP contribution in [0, 0.1) is 0 Å². The van der Waals surface area contributed by atoms with E-state index in [1.807, 2.05) is 0 Å². The van der Waals surface area contributed by atoms with Crippen LogP contribution in [0.2, 0.25) is 0 Å². The van der Waals surface area contributed by atoms with Gasteiger partial charge in [0.1, 0.15) is 12.0 Å². The van der Waals surface area contributed by atoms with Gasteiger partial charge in [0.2, 0.25) is 11.7 Å². The number of nitrogens with one attached hydrogen (secondary N) is 1. The van der Waals surface area contributed by atoms with Crippen molar-refractivity contribution in [2.45, 2.75) is 6.54 Å². The lowest BCUT2D eigenvalue weighted by molar-refractivity contribution is 0.0827. The number of rotatable bonds is 6. The summed E-state index contributed by atoms with van der Waals surface area (Å²) in [5.41, 5.74) is 0.487. The summed E-state index contributed by atoms with van der Waals surface area (Å²) in [6, 6.07) is 7.02. The van der Waals surface area contributed by atoms with Crippen molar-refractivity contribution in [3.8, 4) is 5.75 Å². The van der Waals surface area contributed by atoms with Crippen molar-refractivity contribution in [1.29, 1.82) is 0 Å². The molecule has 0 saturated heterocycles. The van der Waals surface area contributed by atoms with E-state index < -0.39 is 22.9 Å². The highest BCUT2D eigenvalue weighted by molar-refractivity contribution is 6.04. The first-order valence-electron chi connectivity index (χ1n) is 9.21. The molecule has 0 radical (unpaired) electrons. The summed E-state index contributed by atoms with van der Waals surface area (Å²) in [7, 11) is 6.50. The van der Waals surface area contributed by atoms with Crippen LogP contribution < -0.4 is 15.8 Å². The van der Waals surface area contributed by atoms with Crippen LogP contribution in [-0.4, -0.2) is 57.7 Å². The Morgan fingerprint density at radius 2 is 1.87 bits per heavy atom. The number of hydrogen-bond donors (Lipinski definition) is 2. The molecule has 0 spiro atoms. The Morgan fingerprint density at radius 3 is 2.45 bits per heavy atom. The van der Waals surface area contributed by atoms with Gasteiger partial charge in [-0.2, -0.15) is 0 Å². The van der Waals surface area contributed by atoms with Gasteiger partial charge in [-0.1, -0.05) is 17.3 Å². The molecule has 0 aliphatic carbocycles. The summed E-state index contributed by atoms with van der Waals surface area (Å²) in [5, 5.41) is 16.1. The van der Waals surface area contributed by atoms with Crippen molar-refractivity contribution in [3.05, 3.63) is 63.9 Å². The molecular formula is C20H22N6O5. The van der Waals surface area contributed by atoms with Gasteiger partial charge < -0.3 is 24.7 Å². The maximum Gasteiger partial charge on any atom is 0.297 e. The van der Waals surface area contributed by atoms with Gasteiger partial charge in [-0.25, -0.2) is 4.98 Å². The van der Waals surface area contributed by atoms with E-state index in [0.29, 0.717) is 12.1 Å². The van der Waals surface area contributed by atoms with Gasteiger partial charge in [0.25, 0.3) is 17.4 Å². The zero-order chi connectivity index (χ0) is 22.7. The summed E-state index contributed by atoms with van der Waals surface area (Å²) in [6.07, 6.45) is 2.47. The number of aromatic nitrogens is 3. The topological polar surface area (TPSA) is 134 Å². The molecule has 0 unspecified atom stereocenters. The first-order valence-corrected chi connectivity index (χ1v) is 9.21. The molecule has 11 nitrogen and oxygen atoms in total. The van der Waals surface area contributed by atoms with E-state index >= 15 is 0 Å². The monoisotopic (exact) mass is 426 g/mol. The van der Waals surface area contributed by atoms with E-state index in [2.05, 4.69) is 20.0 Å². The standard InChI is InChI=1S/C20H22N6O5/c1-24(2)18(29)13-7-5-12(6-8-13)10-25(3)20-23-15(16(27)19(30)26(20)4)17(28)22-14-9-21-31-11-14/h5-9,11,27H,10H2,1-4H3,(H,22,28). The molecule has 11 heteroatoms. The van der Waals surface area contributed by atoms with Crippen molar-refractivity contribution in [2.75, 3.05) is 31.4 Å². The highest BCUT2D eigenvalue weighted by Crippen LogP contribution is 2.18. The molecule has 162 valence electrons. The number of benzene rings is 1. The molecule has 2 amide bonds. The average molecular weight is 426 g/mol. The highest BCUT2D eigenvalue weighted by Gasteiger charge is 2.22. The van der Waals surface area contributed by atoms with Crippen molar-refractivity contribution in [1.82, 2.24) is 19.6 Å². The van der Waals surface area contributed by atoms with Gasteiger partial charge in [0, 0.05) is 40.3 Å². The lowest BCUT2D eigenvalue weighted by atomic mass is 10.1. The van der Waals surface area contributed by atoms with Crippen LogP contribution in [0.4, 0.5) is 11.6 Å². The average Bonchev–Trinajstić information content (AvgIpc) is 3.25. The van der Waals surface area contributed by atoms with Crippen molar-refractivity contribution in [2.24, 2.45) is 7.05 Å². The number of amides is 2. The predicted molar refractivity (Wildman–Crippen MR) is 112 cm³/mol. The summed E-state index contributed by atoms with van der Waals surface area (Å²) in [4.78, 5) is 44.3. The highest BCUT2D eigenvalue weighted by atomic mass is 16.5. The van der Waals surface area contributed by atoms with Crippen LogP contribution >= 0.6 is 0 Å². The van der Waals surface area contributed by atoms with E-state index in [0.717, 1.165) is 10.1 Å². The maximum atomic E-state index is 12.5. The first-order chi connectivity index (χ1) is 14.7. The molecule has 1 aromatic carbocycles. The van der Waals surface area contributed by atoms with Gasteiger partial charge in [-0.15, -0.1) is 0 Å². The van der Waals surface area contributed by atoms with E-state index in [9.17, 15) is 19.5 Å². The zero-order valence-electron chi connectivity index (χ0n) is 17.5. The van der Waals surface area contributed by atoms with E-state index in [1.165, 1.54) is 24.4 Å². The van der Waals surface area contributed by atoms with Crippen LogP contribution in [0.3, 0.4) is 0 Å². The minimum Gasteiger partial charge on any atom is -0.501 e. The van der Waals surface area contributed by atoms with Crippen LogP contribution in [-0.2, 0) is 13.6 Å². The molecule has 2 N–H and O–H groups in total. The number of carbonyl (C=O) groups excluding carboxylic acids is 2. The van der Waals surface area contributed by atoms with Gasteiger partial charge in [-0.05, 0) is 17.7 Å². The van der Waals surface area contributed by atoms with Gasteiger partial charge in [0.15, 0.2) is 5.69 Å². The molecule has 31 heavy (non-hydrogen) atoms. The fourth-order valence-electron chi connectivity index (χ4n) is 2.89. The third kappa shape index (κ3) is 4.55. The van der Waals surface area contributed by atoms with Gasteiger partial charge in [-0.3, -0.25) is 19.0 Å². The first kappa shape index (κ1) is 21.6. The number of nitrogens with zero attached hydrogens (tertiary/aromatic N) is 5. The van der Waals surface area contributed by atoms with Crippen molar-refractivity contribution in [3.63, 3.8) is 0 Å². The molecular weight excluding hydrogens is 404 g/mol. The van der Waals surface area contributed by atoms with Crippen LogP contribution in [0.25, 0.3) is 0 Å². The molecule has 2 heterocycles. The van der Waals surface area contributed by atoms with Crippen LogP contribution in [0.15, 0.2) is 46.0 Å². The second-order valence-corrected chi connectivity index (χ2v) is 7.09. The van der Waals surface area contributed by atoms with E-state index in [1.54, 1.807) is 50.3 Å². The lowest BCUT2D eigenvalue weighted by Gasteiger charge is -2.21.